The second-order valence-corrected chi connectivity index (χ2v) is 4.99. The van der Waals surface area contributed by atoms with Crippen molar-refractivity contribution in [2.75, 3.05) is 36.7 Å². The third-order valence-corrected chi connectivity index (χ3v) is 3.04. The number of rotatable bonds is 4. The zero-order valence-corrected chi connectivity index (χ0v) is 12.7. The van der Waals surface area contributed by atoms with Gasteiger partial charge in [0.05, 0.1) is 0 Å². The predicted molar refractivity (Wildman–Crippen MR) is 85.1 cm³/mol. The van der Waals surface area contributed by atoms with Gasteiger partial charge in [-0.15, -0.1) is 0 Å². The van der Waals surface area contributed by atoms with Gasteiger partial charge in [-0.3, -0.25) is 0 Å². The van der Waals surface area contributed by atoms with Crippen LogP contribution in [-0.4, -0.2) is 31.1 Å². The molecule has 5 nitrogen and oxygen atoms in total. The standard InChI is InChI=1S/C15H21N5/c1-10-6-7-12(9-13(10)20(4)5)18-14-8-11(2)17-15(16-3)19-14/h6-9H,1-5H3,(H2,16,17,18,19). The lowest BCUT2D eigenvalue weighted by Crippen LogP contribution is -2.10. The smallest absolute Gasteiger partial charge is 0.224 e. The first kappa shape index (κ1) is 14.1. The lowest BCUT2D eigenvalue weighted by molar-refractivity contribution is 1.09. The van der Waals surface area contributed by atoms with E-state index in [-0.39, 0.29) is 0 Å². The summed E-state index contributed by atoms with van der Waals surface area (Å²) in [5, 5.41) is 6.29. The molecule has 0 aliphatic heterocycles. The molecule has 0 saturated carbocycles. The molecule has 0 radical (unpaired) electrons. The van der Waals surface area contributed by atoms with Crippen molar-refractivity contribution in [2.24, 2.45) is 0 Å². The zero-order valence-electron chi connectivity index (χ0n) is 12.7. The van der Waals surface area contributed by atoms with E-state index in [9.17, 15) is 0 Å². The quantitative estimate of drug-likeness (QED) is 0.895. The third-order valence-electron chi connectivity index (χ3n) is 3.04. The second kappa shape index (κ2) is 5.77. The molecule has 106 valence electrons. The summed E-state index contributed by atoms with van der Waals surface area (Å²) in [4.78, 5) is 10.8. The van der Waals surface area contributed by atoms with Crippen LogP contribution in [0.3, 0.4) is 0 Å². The highest BCUT2D eigenvalue weighted by molar-refractivity contribution is 5.66. The van der Waals surface area contributed by atoms with Gasteiger partial charge < -0.3 is 15.5 Å². The summed E-state index contributed by atoms with van der Waals surface area (Å²) in [5.41, 5.74) is 4.37. The van der Waals surface area contributed by atoms with Gasteiger partial charge in [0.2, 0.25) is 5.95 Å². The average molecular weight is 271 g/mol. The Morgan fingerprint density at radius 2 is 1.80 bits per heavy atom. The fourth-order valence-corrected chi connectivity index (χ4v) is 2.06. The molecule has 1 aromatic heterocycles. The van der Waals surface area contributed by atoms with Crippen LogP contribution in [0.1, 0.15) is 11.3 Å². The molecule has 2 aromatic rings. The van der Waals surface area contributed by atoms with Crippen molar-refractivity contribution >= 4 is 23.1 Å². The number of hydrogen-bond acceptors (Lipinski definition) is 5. The average Bonchev–Trinajstić information content (AvgIpc) is 2.40. The van der Waals surface area contributed by atoms with E-state index in [1.54, 1.807) is 0 Å². The van der Waals surface area contributed by atoms with Gasteiger partial charge >= 0.3 is 0 Å². The molecule has 0 spiro atoms. The van der Waals surface area contributed by atoms with Crippen molar-refractivity contribution in [2.45, 2.75) is 13.8 Å². The Hall–Kier alpha value is -2.30. The number of hydrogen-bond donors (Lipinski definition) is 2. The molecule has 20 heavy (non-hydrogen) atoms. The maximum absolute atomic E-state index is 4.40. The lowest BCUT2D eigenvalue weighted by Gasteiger charge is -2.17. The van der Waals surface area contributed by atoms with Crippen LogP contribution in [0.5, 0.6) is 0 Å². The van der Waals surface area contributed by atoms with E-state index in [1.807, 2.05) is 34.1 Å². The number of benzene rings is 1. The lowest BCUT2D eigenvalue weighted by atomic mass is 10.1. The van der Waals surface area contributed by atoms with Crippen molar-refractivity contribution in [3.8, 4) is 0 Å². The summed E-state index contributed by atoms with van der Waals surface area (Å²) in [6, 6.07) is 8.20. The minimum atomic E-state index is 0.618. The van der Waals surface area contributed by atoms with E-state index >= 15 is 0 Å². The van der Waals surface area contributed by atoms with Gasteiger partial charge in [0.15, 0.2) is 0 Å². The minimum absolute atomic E-state index is 0.618. The monoisotopic (exact) mass is 271 g/mol. The highest BCUT2D eigenvalue weighted by Crippen LogP contribution is 2.24. The fraction of sp³-hybridized carbons (Fsp3) is 0.333. The molecule has 2 rings (SSSR count). The van der Waals surface area contributed by atoms with Crippen LogP contribution >= 0.6 is 0 Å². The summed E-state index contributed by atoms with van der Waals surface area (Å²) in [6.07, 6.45) is 0. The van der Waals surface area contributed by atoms with Crippen LogP contribution in [0.2, 0.25) is 0 Å². The molecule has 0 aliphatic carbocycles. The first-order valence-electron chi connectivity index (χ1n) is 6.58. The topological polar surface area (TPSA) is 53.1 Å². The number of nitrogens with zero attached hydrogens (tertiary/aromatic N) is 3. The summed E-state index contributed by atoms with van der Waals surface area (Å²) in [6.45, 7) is 4.06. The Kier molecular flexibility index (Phi) is 4.08. The summed E-state index contributed by atoms with van der Waals surface area (Å²) in [7, 11) is 5.90. The van der Waals surface area contributed by atoms with Crippen molar-refractivity contribution in [3.63, 3.8) is 0 Å². The molecule has 2 N–H and O–H groups in total. The first-order valence-corrected chi connectivity index (χ1v) is 6.58. The Balaban J connectivity index is 2.30. The molecule has 0 unspecified atom stereocenters. The first-order chi connectivity index (χ1) is 9.49. The van der Waals surface area contributed by atoms with Gasteiger partial charge in [-0.25, -0.2) is 4.98 Å². The highest BCUT2D eigenvalue weighted by Gasteiger charge is 2.05. The van der Waals surface area contributed by atoms with Crippen LogP contribution < -0.4 is 15.5 Å². The second-order valence-electron chi connectivity index (χ2n) is 4.99. The van der Waals surface area contributed by atoms with E-state index in [0.717, 1.165) is 17.2 Å². The van der Waals surface area contributed by atoms with Crippen LogP contribution in [0, 0.1) is 13.8 Å². The van der Waals surface area contributed by atoms with Gasteiger partial charge in [-0.2, -0.15) is 4.98 Å². The molecule has 0 amide bonds. The molecule has 0 fully saturated rings. The van der Waals surface area contributed by atoms with E-state index in [2.05, 4.69) is 50.6 Å². The number of nitrogens with one attached hydrogen (secondary N) is 2. The van der Waals surface area contributed by atoms with Crippen LogP contribution in [-0.2, 0) is 0 Å². The van der Waals surface area contributed by atoms with Crippen LogP contribution in [0.15, 0.2) is 24.3 Å². The molecule has 1 heterocycles. The molecular weight excluding hydrogens is 250 g/mol. The molecular formula is C15H21N5. The maximum atomic E-state index is 4.40. The fourth-order valence-electron chi connectivity index (χ4n) is 2.06. The van der Waals surface area contributed by atoms with Gasteiger partial charge in [-0.05, 0) is 31.5 Å². The van der Waals surface area contributed by atoms with Crippen molar-refractivity contribution in [1.82, 2.24) is 9.97 Å². The zero-order chi connectivity index (χ0) is 14.7. The predicted octanol–water partition coefficient (Wildman–Crippen LogP) is 2.94. The van der Waals surface area contributed by atoms with E-state index in [1.165, 1.54) is 11.3 Å². The van der Waals surface area contributed by atoms with E-state index in [0.29, 0.717) is 5.95 Å². The summed E-state index contributed by atoms with van der Waals surface area (Å²) in [5.74, 6) is 1.41. The maximum Gasteiger partial charge on any atom is 0.224 e. The Labute approximate surface area is 120 Å². The SMILES string of the molecule is CNc1nc(C)cc(Nc2ccc(C)c(N(C)C)c2)n1. The molecule has 0 aliphatic rings. The molecule has 0 atom stereocenters. The molecule has 1 aromatic carbocycles. The van der Waals surface area contributed by atoms with E-state index in [4.69, 9.17) is 0 Å². The molecule has 0 bridgehead atoms. The highest BCUT2D eigenvalue weighted by atomic mass is 15.1. The van der Waals surface area contributed by atoms with Crippen molar-refractivity contribution in [1.29, 1.82) is 0 Å². The van der Waals surface area contributed by atoms with Gasteiger partial charge in [0.1, 0.15) is 5.82 Å². The van der Waals surface area contributed by atoms with Crippen molar-refractivity contribution in [3.05, 3.63) is 35.5 Å². The Morgan fingerprint density at radius 3 is 2.45 bits per heavy atom. The van der Waals surface area contributed by atoms with Crippen LogP contribution in [0.25, 0.3) is 0 Å². The van der Waals surface area contributed by atoms with Gasteiger partial charge in [-0.1, -0.05) is 6.07 Å². The summed E-state index contributed by atoms with van der Waals surface area (Å²) < 4.78 is 0. The Bertz CT molecular complexity index is 607. The van der Waals surface area contributed by atoms with Gasteiger partial charge in [0, 0.05) is 44.3 Å². The Morgan fingerprint density at radius 1 is 1.05 bits per heavy atom. The largest absolute Gasteiger partial charge is 0.377 e. The van der Waals surface area contributed by atoms with Crippen LogP contribution in [0.4, 0.5) is 23.1 Å². The van der Waals surface area contributed by atoms with Gasteiger partial charge in [0.25, 0.3) is 0 Å². The number of aryl methyl sites for hydroxylation is 2. The molecule has 5 heteroatoms. The molecule has 0 saturated heterocycles. The minimum Gasteiger partial charge on any atom is -0.377 e. The normalized spacial score (nSPS) is 10.2. The van der Waals surface area contributed by atoms with E-state index < -0.39 is 0 Å². The summed E-state index contributed by atoms with van der Waals surface area (Å²) >= 11 is 0. The number of anilines is 4. The number of aromatic nitrogens is 2. The van der Waals surface area contributed by atoms with Crippen molar-refractivity contribution < 1.29 is 0 Å². The third kappa shape index (κ3) is 3.17.